The number of rotatable bonds is 7. The fourth-order valence-electron chi connectivity index (χ4n) is 2.76. The van der Waals surface area contributed by atoms with Crippen molar-refractivity contribution in [2.24, 2.45) is 11.0 Å². The Bertz CT molecular complexity index is 885. The number of carbonyl (C=O) groups is 3. The second kappa shape index (κ2) is 11.4. The van der Waals surface area contributed by atoms with Crippen molar-refractivity contribution in [3.8, 4) is 0 Å². The van der Waals surface area contributed by atoms with Crippen molar-refractivity contribution in [1.82, 2.24) is 10.6 Å². The third-order valence-corrected chi connectivity index (χ3v) is 4.94. The van der Waals surface area contributed by atoms with E-state index in [1.165, 1.54) is 0 Å². The Labute approximate surface area is 197 Å². The van der Waals surface area contributed by atoms with Crippen molar-refractivity contribution in [2.45, 2.75) is 46.1 Å². The van der Waals surface area contributed by atoms with Gasteiger partial charge in [0.2, 0.25) is 5.91 Å². The molecule has 0 saturated heterocycles. The molecule has 11 heteroatoms. The summed E-state index contributed by atoms with van der Waals surface area (Å²) in [5, 5.41) is 12.4. The maximum atomic E-state index is 12.2. The van der Waals surface area contributed by atoms with Crippen LogP contribution in [0.25, 0.3) is 0 Å². The van der Waals surface area contributed by atoms with Crippen LogP contribution in [0.1, 0.15) is 40.5 Å². The van der Waals surface area contributed by atoms with Crippen LogP contribution in [-0.2, 0) is 19.1 Å². The molecule has 0 aliphatic carbocycles. The number of hydrogen-bond acceptors (Lipinski definition) is 7. The number of anilines is 1. The molecule has 2 rings (SSSR count). The van der Waals surface area contributed by atoms with Gasteiger partial charge in [-0.2, -0.15) is 5.10 Å². The Balaban J connectivity index is 1.70. The molecule has 1 aliphatic rings. The molecule has 2 N–H and O–H groups in total. The van der Waals surface area contributed by atoms with E-state index < -0.39 is 24.3 Å². The number of carbonyl (C=O) groups excluding carboxylic acids is 3. The second-order valence-corrected chi connectivity index (χ2v) is 9.12. The molecule has 0 bridgehead atoms. The van der Waals surface area contributed by atoms with Crippen molar-refractivity contribution < 1.29 is 23.9 Å². The average molecular weight is 487 g/mol. The van der Waals surface area contributed by atoms with Crippen LogP contribution >= 0.6 is 23.2 Å². The van der Waals surface area contributed by atoms with Crippen LogP contribution in [0, 0.1) is 5.92 Å². The van der Waals surface area contributed by atoms with Gasteiger partial charge in [0.15, 0.2) is 6.61 Å². The number of amidine groups is 1. The highest BCUT2D eigenvalue weighted by atomic mass is 35.5. The first-order chi connectivity index (χ1) is 14.9. The molecule has 176 valence electrons. The van der Waals surface area contributed by atoms with E-state index in [2.05, 4.69) is 15.7 Å². The molecular formula is C21H28Cl2N4O5. The van der Waals surface area contributed by atoms with E-state index in [4.69, 9.17) is 32.7 Å². The fraction of sp³-hybridized carbons (Fsp3) is 0.524. The van der Waals surface area contributed by atoms with Gasteiger partial charge in [-0.15, -0.1) is 0 Å². The largest absolute Gasteiger partial charge is 0.457 e. The number of nitrogens with zero attached hydrogens (tertiary/aromatic N) is 2. The molecule has 1 unspecified atom stereocenters. The predicted octanol–water partition coefficient (Wildman–Crippen LogP) is 3.73. The summed E-state index contributed by atoms with van der Waals surface area (Å²) < 4.78 is 9.82. The summed E-state index contributed by atoms with van der Waals surface area (Å²) in [6.07, 6.45) is -0.168. The van der Waals surface area contributed by atoms with Crippen molar-refractivity contribution in [3.05, 3.63) is 28.2 Å². The smallest absolute Gasteiger partial charge is 0.407 e. The van der Waals surface area contributed by atoms with Crippen molar-refractivity contribution in [2.75, 3.05) is 24.7 Å². The first kappa shape index (κ1) is 25.7. The van der Waals surface area contributed by atoms with Crippen LogP contribution in [0.4, 0.5) is 10.5 Å². The lowest BCUT2D eigenvalue weighted by atomic mass is 10.1. The third kappa shape index (κ3) is 8.55. The monoisotopic (exact) mass is 486 g/mol. The van der Waals surface area contributed by atoms with E-state index >= 15 is 0 Å². The van der Waals surface area contributed by atoms with E-state index in [1.54, 1.807) is 37.9 Å². The van der Waals surface area contributed by atoms with Crippen molar-refractivity contribution in [3.63, 3.8) is 0 Å². The first-order valence-electron chi connectivity index (χ1n) is 10.2. The Morgan fingerprint density at radius 2 is 1.94 bits per heavy atom. The maximum absolute atomic E-state index is 12.2. The molecule has 32 heavy (non-hydrogen) atoms. The van der Waals surface area contributed by atoms with Gasteiger partial charge < -0.3 is 20.1 Å². The normalized spacial score (nSPS) is 15.8. The number of alkyl carbamates (subject to hydrolysis) is 1. The Hall–Kier alpha value is -2.52. The van der Waals surface area contributed by atoms with Crippen LogP contribution in [0.2, 0.25) is 10.0 Å². The molecule has 0 spiro atoms. The zero-order valence-corrected chi connectivity index (χ0v) is 20.0. The third-order valence-electron chi connectivity index (χ3n) is 4.20. The van der Waals surface area contributed by atoms with Gasteiger partial charge in [-0.25, -0.2) is 9.59 Å². The van der Waals surface area contributed by atoms with Crippen LogP contribution in [-0.4, -0.2) is 49.1 Å². The summed E-state index contributed by atoms with van der Waals surface area (Å²) in [6, 6.07) is 5.22. The number of ether oxygens (including phenoxy) is 2. The minimum Gasteiger partial charge on any atom is -0.457 e. The van der Waals surface area contributed by atoms with Crippen LogP contribution in [0.5, 0.6) is 0 Å². The number of esters is 1. The molecule has 9 nitrogen and oxygen atoms in total. The zero-order chi connectivity index (χ0) is 23.9. The SMILES string of the molecule is CC1CN(c2ccc(Cl)c(Cl)c2)N=C1NC(=O)CCCNC(=O)OCC(=O)OC(C)(C)C. The van der Waals surface area contributed by atoms with Gasteiger partial charge in [-0.05, 0) is 45.4 Å². The van der Waals surface area contributed by atoms with Gasteiger partial charge in [0, 0.05) is 18.9 Å². The highest BCUT2D eigenvalue weighted by Crippen LogP contribution is 2.29. The molecule has 2 amide bonds. The van der Waals surface area contributed by atoms with E-state index in [0.29, 0.717) is 28.8 Å². The summed E-state index contributed by atoms with van der Waals surface area (Å²) in [5.74, 6) is -0.260. The van der Waals surface area contributed by atoms with Crippen LogP contribution < -0.4 is 15.6 Å². The minimum atomic E-state index is -0.748. The molecular weight excluding hydrogens is 459 g/mol. The molecule has 0 aromatic heterocycles. The number of amides is 2. The number of halogens is 2. The molecule has 1 atom stereocenters. The summed E-state index contributed by atoms with van der Waals surface area (Å²) in [4.78, 5) is 35.3. The highest BCUT2D eigenvalue weighted by Gasteiger charge is 2.25. The van der Waals surface area contributed by atoms with Crippen molar-refractivity contribution >= 4 is 52.7 Å². The predicted molar refractivity (Wildman–Crippen MR) is 123 cm³/mol. The van der Waals surface area contributed by atoms with Gasteiger partial charge in [-0.1, -0.05) is 30.1 Å². The van der Waals surface area contributed by atoms with E-state index in [1.807, 2.05) is 13.0 Å². The van der Waals surface area contributed by atoms with E-state index in [9.17, 15) is 14.4 Å². The lowest BCUT2D eigenvalue weighted by Crippen LogP contribution is -2.34. The lowest BCUT2D eigenvalue weighted by molar-refractivity contribution is -0.158. The number of hydrogen-bond donors (Lipinski definition) is 2. The molecule has 0 saturated carbocycles. The topological polar surface area (TPSA) is 109 Å². The number of nitrogens with one attached hydrogen (secondary N) is 2. The summed E-state index contributed by atoms with van der Waals surface area (Å²) in [7, 11) is 0. The van der Waals surface area contributed by atoms with Gasteiger partial charge >= 0.3 is 12.1 Å². The first-order valence-corrected chi connectivity index (χ1v) is 10.9. The van der Waals surface area contributed by atoms with Gasteiger partial charge in [0.25, 0.3) is 0 Å². The fourth-order valence-corrected chi connectivity index (χ4v) is 3.06. The van der Waals surface area contributed by atoms with Crippen LogP contribution in [0.3, 0.4) is 0 Å². The zero-order valence-electron chi connectivity index (χ0n) is 18.5. The van der Waals surface area contributed by atoms with E-state index in [0.717, 1.165) is 5.69 Å². The number of benzene rings is 1. The standard InChI is InChI=1S/C21H28Cl2N4O5/c1-13-11-27(14-7-8-15(22)16(23)10-14)26-19(13)25-17(28)6-5-9-24-20(30)31-12-18(29)32-21(2,3)4/h7-8,10,13H,5-6,9,11-12H2,1-4H3,(H,24,30)(H,25,26,28). The van der Waals surface area contributed by atoms with Crippen molar-refractivity contribution in [1.29, 1.82) is 0 Å². The minimum absolute atomic E-state index is 0.0226. The average Bonchev–Trinajstić information content (AvgIpc) is 3.04. The Kier molecular flexibility index (Phi) is 9.15. The highest BCUT2D eigenvalue weighted by molar-refractivity contribution is 6.42. The van der Waals surface area contributed by atoms with Gasteiger partial charge in [-0.3, -0.25) is 9.80 Å². The lowest BCUT2D eigenvalue weighted by Gasteiger charge is -2.19. The van der Waals surface area contributed by atoms with E-state index in [-0.39, 0.29) is 24.8 Å². The summed E-state index contributed by atoms with van der Waals surface area (Å²) in [5.41, 5.74) is 0.134. The maximum Gasteiger partial charge on any atom is 0.407 e. The molecule has 1 aromatic rings. The Morgan fingerprint density at radius 1 is 1.22 bits per heavy atom. The van der Waals surface area contributed by atoms with Gasteiger partial charge in [0.1, 0.15) is 11.4 Å². The second-order valence-electron chi connectivity index (χ2n) is 8.31. The molecule has 0 fully saturated rings. The summed E-state index contributed by atoms with van der Waals surface area (Å²) in [6.45, 7) is 7.46. The molecule has 0 radical (unpaired) electrons. The molecule has 1 aromatic carbocycles. The molecule has 1 aliphatic heterocycles. The van der Waals surface area contributed by atoms with Gasteiger partial charge in [0.05, 0.1) is 22.3 Å². The number of hydrazone groups is 1. The van der Waals surface area contributed by atoms with Crippen LogP contribution in [0.15, 0.2) is 23.3 Å². The Morgan fingerprint density at radius 3 is 2.59 bits per heavy atom. The summed E-state index contributed by atoms with van der Waals surface area (Å²) >= 11 is 12.0. The molecule has 1 heterocycles. The quantitative estimate of drug-likeness (QED) is 0.448.